The summed E-state index contributed by atoms with van der Waals surface area (Å²) in [5, 5.41) is 8.31. The lowest BCUT2D eigenvalue weighted by molar-refractivity contribution is -0.128. The summed E-state index contributed by atoms with van der Waals surface area (Å²) in [7, 11) is 1.53. The number of hydrogen-bond acceptors (Lipinski definition) is 4. The van der Waals surface area contributed by atoms with Gasteiger partial charge in [-0.25, -0.2) is 4.39 Å². The Morgan fingerprint density at radius 3 is 2.00 bits per heavy atom. The van der Waals surface area contributed by atoms with Crippen LogP contribution >= 0.6 is 0 Å². The van der Waals surface area contributed by atoms with E-state index in [9.17, 15) is 14.0 Å². The van der Waals surface area contributed by atoms with Crippen molar-refractivity contribution in [3.05, 3.63) is 102 Å². The van der Waals surface area contributed by atoms with Crippen LogP contribution in [0, 0.1) is 5.82 Å². The highest BCUT2D eigenvalue weighted by atomic mass is 19.1. The van der Waals surface area contributed by atoms with E-state index in [4.69, 9.17) is 4.74 Å². The summed E-state index contributed by atoms with van der Waals surface area (Å²) >= 11 is 0. The van der Waals surface area contributed by atoms with Crippen LogP contribution in [0.15, 0.2) is 85.1 Å². The monoisotopic (exact) mass is 519 g/mol. The van der Waals surface area contributed by atoms with Crippen LogP contribution in [-0.4, -0.2) is 38.1 Å². The van der Waals surface area contributed by atoms with E-state index < -0.39 is 6.04 Å². The number of hydrogen-bond donors (Lipinski definition) is 3. The van der Waals surface area contributed by atoms with Gasteiger partial charge in [0.2, 0.25) is 11.8 Å². The smallest absolute Gasteiger partial charge is 0.242 e. The highest BCUT2D eigenvalue weighted by molar-refractivity contribution is 5.88. The third-order valence-corrected chi connectivity index (χ3v) is 5.71. The SMILES string of the molecule is C=C(COc1ccc(CC)cc1)NCC(=O)N[C@H](Cc1ccc(-c2ccc(F)cc2)cc1)C(=O)NC.CC. The van der Waals surface area contributed by atoms with Gasteiger partial charge in [0.25, 0.3) is 0 Å². The molecule has 0 saturated carbocycles. The number of carbonyl (C=O) groups excluding carboxylic acids is 2. The molecule has 3 rings (SSSR count). The normalized spacial score (nSPS) is 10.9. The van der Waals surface area contributed by atoms with Crippen molar-refractivity contribution < 1.29 is 18.7 Å². The molecule has 0 radical (unpaired) electrons. The molecule has 6 nitrogen and oxygen atoms in total. The Morgan fingerprint density at radius 2 is 1.45 bits per heavy atom. The number of benzene rings is 3. The molecule has 0 fully saturated rings. The summed E-state index contributed by atoms with van der Waals surface area (Å²) in [6.45, 7) is 10.2. The molecule has 0 aliphatic heterocycles. The molecule has 0 aliphatic carbocycles. The number of rotatable bonds is 12. The molecule has 3 aromatic carbocycles. The molecule has 0 aromatic heterocycles. The fraction of sp³-hybridized carbons (Fsp3) is 0.290. The molecule has 38 heavy (non-hydrogen) atoms. The van der Waals surface area contributed by atoms with E-state index in [-0.39, 0.29) is 30.8 Å². The highest BCUT2D eigenvalue weighted by Crippen LogP contribution is 2.20. The second-order valence-corrected chi connectivity index (χ2v) is 8.39. The predicted molar refractivity (Wildman–Crippen MR) is 151 cm³/mol. The van der Waals surface area contributed by atoms with E-state index in [1.807, 2.05) is 62.4 Å². The van der Waals surface area contributed by atoms with Crippen molar-refractivity contribution in [2.75, 3.05) is 20.2 Å². The van der Waals surface area contributed by atoms with Crippen LogP contribution in [0.3, 0.4) is 0 Å². The second kappa shape index (κ2) is 15.9. The highest BCUT2D eigenvalue weighted by Gasteiger charge is 2.20. The van der Waals surface area contributed by atoms with E-state index in [0.29, 0.717) is 12.1 Å². The van der Waals surface area contributed by atoms with E-state index >= 15 is 0 Å². The van der Waals surface area contributed by atoms with Crippen LogP contribution in [0.5, 0.6) is 5.75 Å². The molecule has 0 saturated heterocycles. The molecule has 202 valence electrons. The first-order chi connectivity index (χ1) is 18.4. The Balaban J connectivity index is 0.00000247. The maximum absolute atomic E-state index is 13.2. The topological polar surface area (TPSA) is 79.5 Å². The maximum Gasteiger partial charge on any atom is 0.242 e. The molecule has 7 heteroatoms. The zero-order valence-corrected chi connectivity index (χ0v) is 22.6. The van der Waals surface area contributed by atoms with Crippen molar-refractivity contribution in [2.45, 2.75) is 39.7 Å². The fourth-order valence-electron chi connectivity index (χ4n) is 3.59. The summed E-state index contributed by atoms with van der Waals surface area (Å²) in [6, 6.07) is 21.0. The van der Waals surface area contributed by atoms with Crippen LogP contribution < -0.4 is 20.7 Å². The molecule has 0 aliphatic rings. The molecule has 0 unspecified atom stereocenters. The van der Waals surface area contributed by atoms with E-state index in [1.165, 1.54) is 24.7 Å². The van der Waals surface area contributed by atoms with Gasteiger partial charge in [0.05, 0.1) is 6.54 Å². The van der Waals surface area contributed by atoms with Crippen LogP contribution in [0.25, 0.3) is 11.1 Å². The van der Waals surface area contributed by atoms with Crippen molar-refractivity contribution in [3.63, 3.8) is 0 Å². The van der Waals surface area contributed by atoms with Crippen molar-refractivity contribution >= 4 is 11.8 Å². The van der Waals surface area contributed by atoms with E-state index in [0.717, 1.165) is 28.9 Å². The largest absolute Gasteiger partial charge is 0.487 e. The van der Waals surface area contributed by atoms with Gasteiger partial charge in [0, 0.05) is 19.2 Å². The zero-order chi connectivity index (χ0) is 27.9. The molecule has 1 atom stereocenters. The number of nitrogens with one attached hydrogen (secondary N) is 3. The number of aryl methyl sites for hydroxylation is 1. The van der Waals surface area contributed by atoms with Gasteiger partial charge in [0.15, 0.2) is 0 Å². The second-order valence-electron chi connectivity index (χ2n) is 8.39. The molecular formula is C31H38FN3O3. The van der Waals surface area contributed by atoms with E-state index in [2.05, 4.69) is 29.5 Å². The quantitative estimate of drug-likeness (QED) is 0.313. The Labute approximate surface area is 225 Å². The van der Waals surface area contributed by atoms with Gasteiger partial charge in [0.1, 0.15) is 24.2 Å². The Hall–Kier alpha value is -4.13. The summed E-state index contributed by atoms with van der Waals surface area (Å²) in [5.74, 6) is -0.180. The van der Waals surface area contributed by atoms with Crippen molar-refractivity contribution in [2.24, 2.45) is 0 Å². The lowest BCUT2D eigenvalue weighted by Gasteiger charge is -2.18. The fourth-order valence-corrected chi connectivity index (χ4v) is 3.59. The first kappa shape index (κ1) is 30.1. The van der Waals surface area contributed by atoms with Crippen LogP contribution in [0.2, 0.25) is 0 Å². The number of amides is 2. The van der Waals surface area contributed by atoms with Crippen LogP contribution in [-0.2, 0) is 22.4 Å². The Bertz CT molecular complexity index is 1160. The molecule has 3 aromatic rings. The van der Waals surface area contributed by atoms with Crippen LogP contribution in [0.4, 0.5) is 4.39 Å². The molecule has 0 heterocycles. The lowest BCUT2D eigenvalue weighted by atomic mass is 10.00. The summed E-state index contributed by atoms with van der Waals surface area (Å²) in [6.07, 6.45) is 1.29. The van der Waals surface area contributed by atoms with E-state index in [1.54, 1.807) is 12.1 Å². The van der Waals surface area contributed by atoms with Crippen LogP contribution in [0.1, 0.15) is 31.9 Å². The minimum absolute atomic E-state index is 0.0338. The maximum atomic E-state index is 13.2. The van der Waals surface area contributed by atoms with Gasteiger partial charge in [-0.15, -0.1) is 0 Å². The van der Waals surface area contributed by atoms with Gasteiger partial charge in [-0.1, -0.05) is 75.9 Å². The summed E-state index contributed by atoms with van der Waals surface area (Å²) < 4.78 is 18.9. The third kappa shape index (κ3) is 9.73. The van der Waals surface area contributed by atoms with Crippen molar-refractivity contribution in [3.8, 4) is 16.9 Å². The first-order valence-electron chi connectivity index (χ1n) is 12.9. The van der Waals surface area contributed by atoms with Gasteiger partial charge < -0.3 is 20.7 Å². The standard InChI is InChI=1S/C29H32FN3O3.C2H6/c1-4-21-7-15-26(16-8-21)36-19-20(2)32-18-28(34)33-27(29(35)31-3)17-22-5-9-23(10-6-22)24-11-13-25(30)14-12-24;1-2/h5-16,27,32H,2,4,17-19H2,1,3H3,(H,31,35)(H,33,34);1-2H3/t27-;/m1./s1. The lowest BCUT2D eigenvalue weighted by Crippen LogP contribution is -2.49. The van der Waals surface area contributed by atoms with Gasteiger partial charge >= 0.3 is 0 Å². The summed E-state index contributed by atoms with van der Waals surface area (Å²) in [5.41, 5.74) is 4.50. The predicted octanol–water partition coefficient (Wildman–Crippen LogP) is 5.04. The Kier molecular flexibility index (Phi) is 12.6. The molecular weight excluding hydrogens is 481 g/mol. The molecule has 3 N–H and O–H groups in total. The number of ether oxygens (including phenoxy) is 1. The molecule has 2 amide bonds. The average molecular weight is 520 g/mol. The molecule has 0 bridgehead atoms. The third-order valence-electron chi connectivity index (χ3n) is 5.71. The number of halogens is 1. The first-order valence-corrected chi connectivity index (χ1v) is 12.9. The zero-order valence-electron chi connectivity index (χ0n) is 22.6. The minimum atomic E-state index is -0.734. The van der Waals surface area contributed by atoms with Crippen molar-refractivity contribution in [1.29, 1.82) is 0 Å². The number of likely N-dealkylation sites (N-methyl/N-ethyl adjacent to an activating group) is 1. The average Bonchev–Trinajstić information content (AvgIpc) is 2.96. The van der Waals surface area contributed by atoms with Crippen molar-refractivity contribution in [1.82, 2.24) is 16.0 Å². The van der Waals surface area contributed by atoms with Gasteiger partial charge in [-0.2, -0.15) is 0 Å². The molecule has 0 spiro atoms. The number of carbonyl (C=O) groups is 2. The minimum Gasteiger partial charge on any atom is -0.487 e. The summed E-state index contributed by atoms with van der Waals surface area (Å²) in [4.78, 5) is 24.9. The van der Waals surface area contributed by atoms with Gasteiger partial charge in [-0.3, -0.25) is 9.59 Å². The van der Waals surface area contributed by atoms with Gasteiger partial charge in [-0.05, 0) is 52.9 Å². The Morgan fingerprint density at radius 1 is 0.895 bits per heavy atom.